The third kappa shape index (κ3) is 2.38. The minimum atomic E-state index is -0.981. The van der Waals surface area contributed by atoms with E-state index in [1.807, 2.05) is 13.0 Å². The number of rotatable bonds is 2. The summed E-state index contributed by atoms with van der Waals surface area (Å²) in [5, 5.41) is 15.2. The molecule has 1 aliphatic rings. The van der Waals surface area contributed by atoms with Gasteiger partial charge in [0.2, 0.25) is 0 Å². The smallest absolute Gasteiger partial charge is 0.336 e. The number of hydrogen-bond acceptors (Lipinski definition) is 5. The second-order valence-corrected chi connectivity index (χ2v) is 8.18. The van der Waals surface area contributed by atoms with Crippen LogP contribution in [0, 0.1) is 6.92 Å². The molecule has 0 radical (unpaired) electrons. The van der Waals surface area contributed by atoms with Crippen molar-refractivity contribution < 1.29 is 9.90 Å². The monoisotopic (exact) mass is 378 g/mol. The van der Waals surface area contributed by atoms with Gasteiger partial charge in [0.1, 0.15) is 10.7 Å². The number of nitrogens with zero attached hydrogens (tertiary/aromatic N) is 4. The minimum Gasteiger partial charge on any atom is -0.478 e. The van der Waals surface area contributed by atoms with Crippen molar-refractivity contribution in [1.82, 2.24) is 19.6 Å². The SMILES string of the molecule is Cc1nc2sc3c(c2c2nc(-c4ccccc4C(=O)O)nn12)[C@H](C)CCC3. The highest BCUT2D eigenvalue weighted by Gasteiger charge is 2.26. The van der Waals surface area contributed by atoms with E-state index < -0.39 is 5.97 Å². The molecule has 7 heteroatoms. The van der Waals surface area contributed by atoms with Crippen molar-refractivity contribution >= 4 is 33.2 Å². The van der Waals surface area contributed by atoms with Crippen LogP contribution < -0.4 is 0 Å². The Kier molecular flexibility index (Phi) is 3.55. The van der Waals surface area contributed by atoms with Crippen molar-refractivity contribution in [2.75, 3.05) is 0 Å². The lowest BCUT2D eigenvalue weighted by Crippen LogP contribution is -2.05. The summed E-state index contributed by atoms with van der Waals surface area (Å²) >= 11 is 1.76. The van der Waals surface area contributed by atoms with Crippen LogP contribution in [0.25, 0.3) is 27.3 Å². The number of thiophene rings is 1. The Balaban J connectivity index is 1.84. The number of benzene rings is 1. The number of aryl methyl sites for hydroxylation is 2. The van der Waals surface area contributed by atoms with Gasteiger partial charge in [0.05, 0.1) is 10.9 Å². The quantitative estimate of drug-likeness (QED) is 0.557. The van der Waals surface area contributed by atoms with Crippen LogP contribution in [0.2, 0.25) is 0 Å². The first kappa shape index (κ1) is 16.4. The van der Waals surface area contributed by atoms with E-state index in [1.54, 1.807) is 34.1 Å². The zero-order chi connectivity index (χ0) is 18.7. The summed E-state index contributed by atoms with van der Waals surface area (Å²) < 4.78 is 1.75. The molecule has 0 unspecified atom stereocenters. The molecule has 27 heavy (non-hydrogen) atoms. The van der Waals surface area contributed by atoms with E-state index in [0.29, 0.717) is 17.3 Å². The summed E-state index contributed by atoms with van der Waals surface area (Å²) in [6, 6.07) is 6.86. The van der Waals surface area contributed by atoms with Crippen LogP contribution in [0.5, 0.6) is 0 Å². The van der Waals surface area contributed by atoms with Crippen LogP contribution in [0.4, 0.5) is 0 Å². The number of fused-ring (bicyclic) bond motifs is 5. The molecule has 0 aliphatic heterocycles. The van der Waals surface area contributed by atoms with Gasteiger partial charge in [-0.05, 0) is 43.7 Å². The fourth-order valence-electron chi connectivity index (χ4n) is 4.06. The molecule has 0 spiro atoms. The zero-order valence-electron chi connectivity index (χ0n) is 15.1. The molecule has 0 saturated carbocycles. The van der Waals surface area contributed by atoms with E-state index in [0.717, 1.165) is 28.1 Å². The van der Waals surface area contributed by atoms with Crippen molar-refractivity contribution in [2.45, 2.75) is 39.0 Å². The number of carboxylic acids is 1. The van der Waals surface area contributed by atoms with Gasteiger partial charge in [-0.3, -0.25) is 0 Å². The summed E-state index contributed by atoms with van der Waals surface area (Å²) in [5.74, 6) is 0.678. The van der Waals surface area contributed by atoms with Gasteiger partial charge in [0, 0.05) is 10.4 Å². The molecule has 6 nitrogen and oxygen atoms in total. The number of hydrogen-bond donors (Lipinski definition) is 1. The van der Waals surface area contributed by atoms with E-state index in [-0.39, 0.29) is 5.56 Å². The van der Waals surface area contributed by atoms with Crippen LogP contribution in [0.3, 0.4) is 0 Å². The molecule has 136 valence electrons. The maximum Gasteiger partial charge on any atom is 0.336 e. The van der Waals surface area contributed by atoms with Gasteiger partial charge in [0.25, 0.3) is 0 Å². The number of carbonyl (C=O) groups is 1. The van der Waals surface area contributed by atoms with Gasteiger partial charge < -0.3 is 5.11 Å². The fraction of sp³-hybridized carbons (Fsp3) is 0.300. The predicted molar refractivity (Wildman–Crippen MR) is 105 cm³/mol. The first-order valence-electron chi connectivity index (χ1n) is 9.06. The van der Waals surface area contributed by atoms with E-state index >= 15 is 0 Å². The average molecular weight is 378 g/mol. The molecule has 1 aliphatic carbocycles. The molecule has 0 saturated heterocycles. The van der Waals surface area contributed by atoms with Gasteiger partial charge in [-0.25, -0.2) is 14.8 Å². The highest BCUT2D eigenvalue weighted by atomic mass is 32.1. The van der Waals surface area contributed by atoms with Crippen molar-refractivity contribution in [3.05, 3.63) is 46.1 Å². The maximum absolute atomic E-state index is 11.6. The molecule has 4 aromatic rings. The molecule has 3 aromatic heterocycles. The second-order valence-electron chi connectivity index (χ2n) is 7.09. The van der Waals surface area contributed by atoms with Gasteiger partial charge in [-0.2, -0.15) is 4.52 Å². The number of carboxylic acid groups (broad SMARTS) is 1. The molecular weight excluding hydrogens is 360 g/mol. The highest BCUT2D eigenvalue weighted by Crippen LogP contribution is 2.43. The van der Waals surface area contributed by atoms with E-state index in [2.05, 4.69) is 12.0 Å². The van der Waals surface area contributed by atoms with E-state index in [1.165, 1.54) is 23.3 Å². The van der Waals surface area contributed by atoms with E-state index in [9.17, 15) is 9.90 Å². The van der Waals surface area contributed by atoms with Crippen LogP contribution >= 0.6 is 11.3 Å². The average Bonchev–Trinajstić information content (AvgIpc) is 3.24. The Bertz CT molecular complexity index is 1220. The molecule has 1 N–H and O–H groups in total. The first-order chi connectivity index (χ1) is 13.0. The summed E-state index contributed by atoms with van der Waals surface area (Å²) in [4.78, 5) is 23.6. The van der Waals surface area contributed by atoms with Crippen molar-refractivity contribution in [1.29, 1.82) is 0 Å². The predicted octanol–water partition coefficient (Wildman–Crippen LogP) is 4.45. The zero-order valence-corrected chi connectivity index (χ0v) is 15.9. The third-order valence-electron chi connectivity index (χ3n) is 5.34. The third-order valence-corrected chi connectivity index (χ3v) is 6.50. The van der Waals surface area contributed by atoms with Crippen LogP contribution in [0.1, 0.15) is 52.3 Å². The van der Waals surface area contributed by atoms with Crippen LogP contribution in [-0.2, 0) is 6.42 Å². The molecule has 3 heterocycles. The standard InChI is InChI=1S/C20H18N4O2S/c1-10-6-5-9-14-15(10)16-18-22-17(12-7-3-4-8-13(12)20(25)26)23-24(18)11(2)21-19(16)27-14/h3-4,7-8,10H,5-6,9H2,1-2H3,(H,25,26)/t10-/m1/s1. The topological polar surface area (TPSA) is 80.4 Å². The molecule has 0 amide bonds. The van der Waals surface area contributed by atoms with Gasteiger partial charge in [-0.15, -0.1) is 16.4 Å². The largest absolute Gasteiger partial charge is 0.478 e. The van der Waals surface area contributed by atoms with Crippen molar-refractivity contribution in [2.24, 2.45) is 0 Å². The Morgan fingerprint density at radius 3 is 2.93 bits per heavy atom. The maximum atomic E-state index is 11.6. The molecule has 0 bridgehead atoms. The summed E-state index contributed by atoms with van der Waals surface area (Å²) in [6.07, 6.45) is 3.47. The Morgan fingerprint density at radius 1 is 1.30 bits per heavy atom. The second kappa shape index (κ2) is 5.85. The Labute approximate surface area is 159 Å². The van der Waals surface area contributed by atoms with Gasteiger partial charge >= 0.3 is 5.97 Å². The van der Waals surface area contributed by atoms with Crippen molar-refractivity contribution in [3.8, 4) is 11.4 Å². The minimum absolute atomic E-state index is 0.205. The lowest BCUT2D eigenvalue weighted by atomic mass is 9.87. The lowest BCUT2D eigenvalue weighted by Gasteiger charge is -2.18. The summed E-state index contributed by atoms with van der Waals surface area (Å²) in [6.45, 7) is 4.17. The first-order valence-corrected chi connectivity index (χ1v) is 9.87. The normalized spacial score (nSPS) is 16.7. The number of aromatic carboxylic acids is 1. The number of aromatic nitrogens is 4. The molecule has 1 atom stereocenters. The van der Waals surface area contributed by atoms with Gasteiger partial charge in [-0.1, -0.05) is 25.1 Å². The fourth-order valence-corrected chi connectivity index (χ4v) is 5.44. The molecular formula is C20H18N4O2S. The molecule has 1 aromatic carbocycles. The Hall–Kier alpha value is -2.80. The van der Waals surface area contributed by atoms with Crippen LogP contribution in [0.15, 0.2) is 24.3 Å². The summed E-state index contributed by atoms with van der Waals surface area (Å²) in [5.41, 5.74) is 2.86. The van der Waals surface area contributed by atoms with E-state index in [4.69, 9.17) is 9.97 Å². The highest BCUT2D eigenvalue weighted by molar-refractivity contribution is 7.19. The Morgan fingerprint density at radius 2 is 2.11 bits per heavy atom. The summed E-state index contributed by atoms with van der Waals surface area (Å²) in [7, 11) is 0. The lowest BCUT2D eigenvalue weighted by molar-refractivity contribution is 0.0697. The molecule has 5 rings (SSSR count). The van der Waals surface area contributed by atoms with Crippen molar-refractivity contribution in [3.63, 3.8) is 0 Å². The van der Waals surface area contributed by atoms with Gasteiger partial charge in [0.15, 0.2) is 11.5 Å². The molecule has 0 fully saturated rings. The van der Waals surface area contributed by atoms with Crippen LogP contribution in [-0.4, -0.2) is 30.7 Å².